The largest absolute Gasteiger partial charge is 0.326 e. The van der Waals surface area contributed by atoms with Crippen molar-refractivity contribution in [2.24, 2.45) is 0 Å². The van der Waals surface area contributed by atoms with Crippen molar-refractivity contribution in [1.82, 2.24) is 0 Å². The maximum atomic E-state index is 4.94. The van der Waals surface area contributed by atoms with Gasteiger partial charge in [0.05, 0.1) is 0 Å². The van der Waals surface area contributed by atoms with Gasteiger partial charge in [-0.3, -0.25) is 0 Å². The standard InChI is InChI=1S/C2H3Cl.Cl3HSi/c1-2-3;1-4(2)3/h2H,1H2;4H. The summed E-state index contributed by atoms with van der Waals surface area (Å²) in [7, 11) is 0. The maximum Gasteiger partial charge on any atom is 0.326 e. The van der Waals surface area contributed by atoms with Gasteiger partial charge in [-0.25, -0.2) is 0 Å². The van der Waals surface area contributed by atoms with E-state index in [-0.39, 0.29) is 0 Å². The van der Waals surface area contributed by atoms with Gasteiger partial charge in [-0.05, 0) is 5.54 Å². The normalized spacial score (nSPS) is 7.00. The first-order chi connectivity index (χ1) is 3.15. The highest BCUT2D eigenvalue weighted by molar-refractivity contribution is 7.54. The van der Waals surface area contributed by atoms with E-state index in [1.807, 2.05) is 0 Å². The van der Waals surface area contributed by atoms with Gasteiger partial charge in [0.2, 0.25) is 0 Å². The van der Waals surface area contributed by atoms with E-state index >= 15 is 0 Å². The molecule has 0 saturated carbocycles. The van der Waals surface area contributed by atoms with Crippen LogP contribution in [0.1, 0.15) is 0 Å². The molecule has 0 fully saturated rings. The first-order valence-corrected chi connectivity index (χ1v) is 6.95. The molecule has 0 atom stereocenters. The third-order valence-electron chi connectivity index (χ3n) is 0. The molecule has 7 heavy (non-hydrogen) atoms. The van der Waals surface area contributed by atoms with E-state index in [4.69, 9.17) is 44.8 Å². The maximum absolute atomic E-state index is 4.94. The Bertz CT molecular complexity index is 33.9. The van der Waals surface area contributed by atoms with Crippen LogP contribution in [0.15, 0.2) is 12.1 Å². The molecule has 0 nitrogen and oxygen atoms in total. The monoisotopic (exact) mass is 196 g/mol. The molecule has 0 N–H and O–H groups in total. The van der Waals surface area contributed by atoms with Gasteiger partial charge in [0.25, 0.3) is 0 Å². The van der Waals surface area contributed by atoms with Crippen molar-refractivity contribution in [2.75, 3.05) is 0 Å². The molecule has 0 spiro atoms. The molecule has 0 unspecified atom stereocenters. The van der Waals surface area contributed by atoms with Crippen molar-refractivity contribution >= 4 is 51.6 Å². The summed E-state index contributed by atoms with van der Waals surface area (Å²) in [6.45, 7) is 1.40. The molecule has 0 aromatic heterocycles. The summed E-state index contributed by atoms with van der Waals surface area (Å²) in [5.74, 6) is 0. The molecular formula is C2H4Cl4Si. The summed E-state index contributed by atoms with van der Waals surface area (Å²) in [4.78, 5) is 0. The van der Waals surface area contributed by atoms with E-state index in [1.54, 1.807) is 0 Å². The Morgan fingerprint density at radius 3 is 1.29 bits per heavy atom. The number of hydrogen-bond acceptors (Lipinski definition) is 0. The number of hydrogen-bond donors (Lipinski definition) is 0. The van der Waals surface area contributed by atoms with Crippen LogP contribution in [-0.2, 0) is 0 Å². The Kier molecular flexibility index (Phi) is 16.0. The molecule has 0 aliphatic heterocycles. The molecule has 0 aliphatic carbocycles. The summed E-state index contributed by atoms with van der Waals surface area (Å²) in [5.41, 5.74) is 1.22. The van der Waals surface area contributed by atoms with E-state index in [2.05, 4.69) is 6.58 Å². The minimum atomic E-state index is -1.72. The second-order valence-corrected chi connectivity index (χ2v) is 7.14. The molecule has 0 heterocycles. The average Bonchev–Trinajstić information content (AvgIpc) is 1.33. The van der Waals surface area contributed by atoms with E-state index < -0.39 is 6.73 Å². The SMILES string of the molecule is C=CCl.Cl[SiH](Cl)Cl. The number of rotatable bonds is 0. The van der Waals surface area contributed by atoms with Gasteiger partial charge < -0.3 is 0 Å². The second kappa shape index (κ2) is 10.2. The van der Waals surface area contributed by atoms with Gasteiger partial charge in [0.15, 0.2) is 0 Å². The van der Waals surface area contributed by atoms with Crippen molar-refractivity contribution in [1.29, 1.82) is 0 Å². The zero-order valence-electron chi connectivity index (χ0n) is 3.37. The lowest BCUT2D eigenvalue weighted by Gasteiger charge is -1.65. The Labute approximate surface area is 63.7 Å². The van der Waals surface area contributed by atoms with Crippen molar-refractivity contribution in [3.05, 3.63) is 12.1 Å². The molecule has 0 aromatic carbocycles. The van der Waals surface area contributed by atoms with Crippen molar-refractivity contribution in [3.63, 3.8) is 0 Å². The lowest BCUT2D eigenvalue weighted by molar-refractivity contribution is 2.63. The van der Waals surface area contributed by atoms with Gasteiger partial charge in [0.1, 0.15) is 0 Å². The molecule has 44 valence electrons. The predicted molar refractivity (Wildman–Crippen MR) is 40.8 cm³/mol. The van der Waals surface area contributed by atoms with Gasteiger partial charge in [-0.2, -0.15) is 0 Å². The molecule has 0 rings (SSSR count). The van der Waals surface area contributed by atoms with Crippen molar-refractivity contribution in [3.8, 4) is 0 Å². The summed E-state index contributed by atoms with van der Waals surface area (Å²) >= 11 is 19.6. The molecule has 0 amide bonds. The van der Waals surface area contributed by atoms with Crippen LogP contribution < -0.4 is 0 Å². The average molecular weight is 198 g/mol. The fourth-order valence-electron chi connectivity index (χ4n) is 0. The summed E-state index contributed by atoms with van der Waals surface area (Å²) in [5, 5.41) is 0. The van der Waals surface area contributed by atoms with E-state index in [1.165, 1.54) is 5.54 Å². The van der Waals surface area contributed by atoms with Crippen LogP contribution in [0.4, 0.5) is 0 Å². The summed E-state index contributed by atoms with van der Waals surface area (Å²) < 4.78 is 0. The fourth-order valence-corrected chi connectivity index (χ4v) is 0. The van der Waals surface area contributed by atoms with E-state index in [0.717, 1.165) is 0 Å². The van der Waals surface area contributed by atoms with E-state index in [0.29, 0.717) is 0 Å². The zero-order valence-corrected chi connectivity index (χ0v) is 7.55. The van der Waals surface area contributed by atoms with Gasteiger partial charge in [-0.15, -0.1) is 33.2 Å². The molecule has 0 saturated heterocycles. The molecule has 0 aliphatic rings. The minimum absolute atomic E-state index is 1.22. The van der Waals surface area contributed by atoms with Crippen LogP contribution >= 0.6 is 44.8 Å². The van der Waals surface area contributed by atoms with Crippen LogP contribution in [-0.4, -0.2) is 6.73 Å². The fraction of sp³-hybridized carbons (Fsp3) is 0. The third kappa shape index (κ3) is 149. The first-order valence-electron chi connectivity index (χ1n) is 1.28. The Hall–Kier alpha value is 1.12. The molecule has 0 radical (unpaired) electrons. The van der Waals surface area contributed by atoms with Crippen LogP contribution in [0.25, 0.3) is 0 Å². The molecule has 5 heteroatoms. The molecule has 0 bridgehead atoms. The van der Waals surface area contributed by atoms with Crippen LogP contribution in [0.2, 0.25) is 0 Å². The van der Waals surface area contributed by atoms with Gasteiger partial charge >= 0.3 is 6.73 Å². The minimum Gasteiger partial charge on any atom is -0.130 e. The zero-order chi connectivity index (χ0) is 6.28. The highest BCUT2D eigenvalue weighted by atomic mass is 35.8. The Morgan fingerprint density at radius 2 is 1.29 bits per heavy atom. The van der Waals surface area contributed by atoms with Crippen LogP contribution in [0.3, 0.4) is 0 Å². The predicted octanol–water partition coefficient (Wildman–Crippen LogP) is 2.79. The Morgan fingerprint density at radius 1 is 1.29 bits per heavy atom. The van der Waals surface area contributed by atoms with E-state index in [9.17, 15) is 0 Å². The topological polar surface area (TPSA) is 0 Å². The van der Waals surface area contributed by atoms with Gasteiger partial charge in [-0.1, -0.05) is 18.2 Å². The summed E-state index contributed by atoms with van der Waals surface area (Å²) in [6, 6.07) is 0. The second-order valence-electron chi connectivity index (χ2n) is 0.402. The van der Waals surface area contributed by atoms with Crippen LogP contribution in [0, 0.1) is 0 Å². The molecule has 0 aromatic rings. The summed E-state index contributed by atoms with van der Waals surface area (Å²) in [6.07, 6.45) is 0. The van der Waals surface area contributed by atoms with Crippen molar-refractivity contribution in [2.45, 2.75) is 0 Å². The Balaban J connectivity index is 0. The van der Waals surface area contributed by atoms with Crippen molar-refractivity contribution < 1.29 is 0 Å². The molecular weight excluding hydrogens is 194 g/mol. The lowest BCUT2D eigenvalue weighted by atomic mass is 11.3. The lowest BCUT2D eigenvalue weighted by Crippen LogP contribution is -1.66. The quantitative estimate of drug-likeness (QED) is 0.414. The highest BCUT2D eigenvalue weighted by Gasteiger charge is 1.85. The third-order valence-corrected chi connectivity index (χ3v) is 0. The number of halogens is 4. The highest BCUT2D eigenvalue weighted by Crippen LogP contribution is 1.97. The van der Waals surface area contributed by atoms with Crippen LogP contribution in [0.5, 0.6) is 0 Å². The van der Waals surface area contributed by atoms with Gasteiger partial charge in [0, 0.05) is 0 Å². The smallest absolute Gasteiger partial charge is 0.130 e. The first kappa shape index (κ1) is 11.0.